The van der Waals surface area contributed by atoms with Crippen LogP contribution in [0.4, 0.5) is 4.79 Å². The zero-order valence-corrected chi connectivity index (χ0v) is 14.7. The summed E-state index contributed by atoms with van der Waals surface area (Å²) >= 11 is 1.63. The summed E-state index contributed by atoms with van der Waals surface area (Å²) in [6.07, 6.45) is 0.725. The summed E-state index contributed by atoms with van der Waals surface area (Å²) in [5.41, 5.74) is 0.265. The Morgan fingerprint density at radius 1 is 1.38 bits per heavy atom. The van der Waals surface area contributed by atoms with E-state index in [9.17, 15) is 9.90 Å². The van der Waals surface area contributed by atoms with Crippen LogP contribution in [0.15, 0.2) is 5.38 Å². The fourth-order valence-corrected chi connectivity index (χ4v) is 2.86. The van der Waals surface area contributed by atoms with Crippen LogP contribution in [0.25, 0.3) is 0 Å². The fourth-order valence-electron chi connectivity index (χ4n) is 1.83. The predicted octanol–water partition coefficient (Wildman–Crippen LogP) is 2.40. The number of nitrogens with zero attached hydrogens (tertiary/aromatic N) is 2. The van der Waals surface area contributed by atoms with Crippen LogP contribution in [0.3, 0.4) is 0 Å². The highest BCUT2D eigenvalue weighted by atomic mass is 32.1. The number of carbonyl (C=O) groups excluding carboxylic acids is 1. The molecular weight excluding hydrogens is 286 g/mol. The van der Waals surface area contributed by atoms with E-state index in [4.69, 9.17) is 0 Å². The topological polar surface area (TPSA) is 65.5 Å². The SMILES string of the molecule is CN(CC(C)(C)O)C(=O)NCCc1nc(C(C)(C)C)cs1. The Balaban J connectivity index is 2.40. The van der Waals surface area contributed by atoms with Gasteiger partial charge in [0.25, 0.3) is 0 Å². The van der Waals surface area contributed by atoms with Crippen molar-refractivity contribution in [2.75, 3.05) is 20.1 Å². The van der Waals surface area contributed by atoms with Gasteiger partial charge >= 0.3 is 6.03 Å². The first-order chi connectivity index (χ1) is 9.49. The molecule has 0 atom stereocenters. The first-order valence-corrected chi connectivity index (χ1v) is 8.03. The summed E-state index contributed by atoms with van der Waals surface area (Å²) < 4.78 is 0. The molecule has 2 amide bonds. The molecule has 6 heteroatoms. The molecule has 0 spiro atoms. The van der Waals surface area contributed by atoms with Crippen LogP contribution in [0, 0.1) is 0 Å². The van der Waals surface area contributed by atoms with Crippen LogP contribution in [-0.4, -0.2) is 46.8 Å². The molecule has 0 saturated heterocycles. The Morgan fingerprint density at radius 2 is 2.00 bits per heavy atom. The number of amides is 2. The molecule has 1 heterocycles. The molecule has 0 aromatic carbocycles. The van der Waals surface area contributed by atoms with E-state index in [1.807, 2.05) is 0 Å². The molecule has 0 aliphatic heterocycles. The number of rotatable bonds is 5. The first-order valence-electron chi connectivity index (χ1n) is 7.15. The van der Waals surface area contributed by atoms with Crippen LogP contribution >= 0.6 is 11.3 Å². The third kappa shape index (κ3) is 6.44. The molecule has 120 valence electrons. The van der Waals surface area contributed by atoms with Gasteiger partial charge in [0, 0.05) is 30.8 Å². The molecule has 1 rings (SSSR count). The van der Waals surface area contributed by atoms with Gasteiger partial charge in [-0.15, -0.1) is 11.3 Å². The molecule has 0 bridgehead atoms. The van der Waals surface area contributed by atoms with E-state index in [1.165, 1.54) is 4.90 Å². The minimum absolute atomic E-state index is 0.0604. The van der Waals surface area contributed by atoms with Gasteiger partial charge in [0.15, 0.2) is 0 Å². The summed E-state index contributed by atoms with van der Waals surface area (Å²) in [6.45, 7) is 10.6. The molecule has 5 nitrogen and oxygen atoms in total. The molecular formula is C15H27N3O2S. The molecule has 1 aromatic rings. The second-order valence-corrected chi connectivity index (χ2v) is 7.97. The lowest BCUT2D eigenvalue weighted by molar-refractivity contribution is 0.0532. The highest BCUT2D eigenvalue weighted by Gasteiger charge is 2.19. The normalized spacial score (nSPS) is 12.3. The average molecular weight is 313 g/mol. The molecule has 0 radical (unpaired) electrons. The maximum Gasteiger partial charge on any atom is 0.317 e. The first kappa shape index (κ1) is 17.9. The molecule has 0 unspecified atom stereocenters. The van der Waals surface area contributed by atoms with Crippen LogP contribution < -0.4 is 5.32 Å². The van der Waals surface area contributed by atoms with Crippen molar-refractivity contribution in [3.8, 4) is 0 Å². The summed E-state index contributed by atoms with van der Waals surface area (Å²) in [4.78, 5) is 17.9. The fraction of sp³-hybridized carbons (Fsp3) is 0.733. The number of likely N-dealkylation sites (N-methyl/N-ethyl adjacent to an activating group) is 1. The second kappa shape index (κ2) is 6.75. The van der Waals surface area contributed by atoms with Crippen molar-refractivity contribution in [1.82, 2.24) is 15.2 Å². The second-order valence-electron chi connectivity index (χ2n) is 7.03. The molecule has 2 N–H and O–H groups in total. The summed E-state index contributed by atoms with van der Waals surface area (Å²) in [6, 6.07) is -0.176. The third-order valence-corrected chi connectivity index (χ3v) is 3.81. The van der Waals surface area contributed by atoms with Crippen LogP contribution in [-0.2, 0) is 11.8 Å². The molecule has 0 fully saturated rings. The lowest BCUT2D eigenvalue weighted by Gasteiger charge is -2.25. The van der Waals surface area contributed by atoms with E-state index >= 15 is 0 Å². The minimum Gasteiger partial charge on any atom is -0.389 e. The zero-order chi connectivity index (χ0) is 16.3. The predicted molar refractivity (Wildman–Crippen MR) is 86.8 cm³/mol. The van der Waals surface area contributed by atoms with Gasteiger partial charge in [0.2, 0.25) is 0 Å². The van der Waals surface area contributed by atoms with Crippen molar-refractivity contribution in [2.45, 2.75) is 52.1 Å². The van der Waals surface area contributed by atoms with Gasteiger partial charge in [-0.1, -0.05) is 20.8 Å². The molecule has 0 saturated carbocycles. The van der Waals surface area contributed by atoms with Gasteiger partial charge < -0.3 is 15.3 Å². The Hall–Kier alpha value is -1.14. The van der Waals surface area contributed by atoms with Crippen molar-refractivity contribution in [3.63, 3.8) is 0 Å². The minimum atomic E-state index is -0.886. The zero-order valence-electron chi connectivity index (χ0n) is 13.9. The van der Waals surface area contributed by atoms with Crippen LogP contribution in [0.1, 0.15) is 45.3 Å². The smallest absolute Gasteiger partial charge is 0.317 e. The van der Waals surface area contributed by atoms with E-state index in [2.05, 4.69) is 36.5 Å². The van der Waals surface area contributed by atoms with Crippen molar-refractivity contribution in [3.05, 3.63) is 16.1 Å². The third-order valence-electron chi connectivity index (χ3n) is 2.91. The average Bonchev–Trinajstić information content (AvgIpc) is 2.74. The quantitative estimate of drug-likeness (QED) is 0.877. The number of nitrogens with one attached hydrogen (secondary N) is 1. The number of hydrogen-bond acceptors (Lipinski definition) is 4. The monoisotopic (exact) mass is 313 g/mol. The number of hydrogen-bond donors (Lipinski definition) is 2. The Morgan fingerprint density at radius 3 is 2.48 bits per heavy atom. The lowest BCUT2D eigenvalue weighted by Crippen LogP contribution is -2.45. The van der Waals surface area contributed by atoms with Gasteiger partial charge in [-0.05, 0) is 13.8 Å². The van der Waals surface area contributed by atoms with Crippen molar-refractivity contribution >= 4 is 17.4 Å². The standard InChI is InChI=1S/C15H27N3O2S/c1-14(2,3)11-9-21-12(17-11)7-8-16-13(19)18(6)10-15(4,5)20/h9,20H,7-8,10H2,1-6H3,(H,16,19). The van der Waals surface area contributed by atoms with Crippen molar-refractivity contribution < 1.29 is 9.90 Å². The lowest BCUT2D eigenvalue weighted by atomic mass is 9.93. The van der Waals surface area contributed by atoms with Crippen LogP contribution in [0.5, 0.6) is 0 Å². The van der Waals surface area contributed by atoms with Crippen molar-refractivity contribution in [1.29, 1.82) is 0 Å². The summed E-state index contributed by atoms with van der Waals surface area (Å²) in [7, 11) is 1.68. The number of carbonyl (C=O) groups is 1. The Kier molecular flexibility index (Phi) is 5.75. The van der Waals surface area contributed by atoms with Gasteiger partial charge in [-0.25, -0.2) is 9.78 Å². The van der Waals surface area contributed by atoms with Gasteiger partial charge in [0.05, 0.1) is 22.8 Å². The number of aliphatic hydroxyl groups is 1. The van der Waals surface area contributed by atoms with Crippen LogP contribution in [0.2, 0.25) is 0 Å². The number of aromatic nitrogens is 1. The van der Waals surface area contributed by atoms with Crippen molar-refractivity contribution in [2.24, 2.45) is 0 Å². The molecule has 1 aromatic heterocycles. The van der Waals surface area contributed by atoms with Gasteiger partial charge in [0.1, 0.15) is 0 Å². The maximum absolute atomic E-state index is 11.9. The highest BCUT2D eigenvalue weighted by molar-refractivity contribution is 7.09. The van der Waals surface area contributed by atoms with E-state index < -0.39 is 5.60 Å². The number of urea groups is 1. The highest BCUT2D eigenvalue weighted by Crippen LogP contribution is 2.23. The Labute approximate surface area is 131 Å². The summed E-state index contributed by atoms with van der Waals surface area (Å²) in [5.74, 6) is 0. The van der Waals surface area contributed by atoms with E-state index in [0.29, 0.717) is 13.1 Å². The van der Waals surface area contributed by atoms with E-state index in [0.717, 1.165) is 17.1 Å². The molecule has 0 aliphatic carbocycles. The van der Waals surface area contributed by atoms with E-state index in [1.54, 1.807) is 32.2 Å². The van der Waals surface area contributed by atoms with Gasteiger partial charge in [-0.3, -0.25) is 0 Å². The molecule has 21 heavy (non-hydrogen) atoms. The Bertz CT molecular complexity index is 472. The largest absolute Gasteiger partial charge is 0.389 e. The molecule has 0 aliphatic rings. The maximum atomic E-state index is 11.9. The van der Waals surface area contributed by atoms with E-state index in [-0.39, 0.29) is 11.4 Å². The summed E-state index contributed by atoms with van der Waals surface area (Å²) in [5, 5.41) is 15.6. The van der Waals surface area contributed by atoms with Gasteiger partial charge in [-0.2, -0.15) is 0 Å². The number of thiazole rings is 1.